The van der Waals surface area contributed by atoms with Gasteiger partial charge in [-0.15, -0.1) is 11.8 Å². The maximum Gasteiger partial charge on any atom is 0.325 e. The van der Waals surface area contributed by atoms with E-state index in [4.69, 9.17) is 5.73 Å². The zero-order chi connectivity index (χ0) is 13.1. The number of fused-ring (bicyclic) bond motifs is 1. The molecule has 2 rings (SSSR count). The largest absolute Gasteiger partial charge is 0.468 e. The molecule has 1 atom stereocenters. The van der Waals surface area contributed by atoms with E-state index in [1.807, 2.05) is 18.2 Å². The number of nitrogens with zero attached hydrogens (tertiary/aromatic N) is 1. The first-order valence-electron chi connectivity index (χ1n) is 5.49. The molecule has 1 aromatic carbocycles. The van der Waals surface area contributed by atoms with Crippen LogP contribution < -0.4 is 10.6 Å². The number of thioether (sulfide) groups is 1. The Labute approximate surface area is 109 Å². The van der Waals surface area contributed by atoms with Crippen LogP contribution in [0.4, 0.5) is 5.69 Å². The van der Waals surface area contributed by atoms with Crippen LogP contribution in [0.3, 0.4) is 0 Å². The highest BCUT2D eigenvalue weighted by Gasteiger charge is 2.29. The van der Waals surface area contributed by atoms with Gasteiger partial charge in [-0.2, -0.15) is 0 Å². The van der Waals surface area contributed by atoms with E-state index in [9.17, 15) is 9.59 Å². The molecule has 1 aromatic rings. The molecule has 0 unspecified atom stereocenters. The predicted molar refractivity (Wildman–Crippen MR) is 69.5 cm³/mol. The van der Waals surface area contributed by atoms with Gasteiger partial charge >= 0.3 is 5.97 Å². The number of hydrogen-bond acceptors (Lipinski definition) is 5. The van der Waals surface area contributed by atoms with E-state index in [2.05, 4.69) is 4.74 Å². The molecule has 0 aromatic heterocycles. The van der Waals surface area contributed by atoms with E-state index >= 15 is 0 Å². The number of para-hydroxylation sites is 1. The predicted octanol–water partition coefficient (Wildman–Crippen LogP) is 0.626. The van der Waals surface area contributed by atoms with E-state index in [0.717, 1.165) is 4.90 Å². The van der Waals surface area contributed by atoms with Crippen LogP contribution in [0.1, 0.15) is 0 Å². The topological polar surface area (TPSA) is 72.6 Å². The molecule has 0 saturated heterocycles. The molecule has 0 fully saturated rings. The van der Waals surface area contributed by atoms with Gasteiger partial charge in [0.2, 0.25) is 5.91 Å². The Morgan fingerprint density at radius 1 is 1.56 bits per heavy atom. The summed E-state index contributed by atoms with van der Waals surface area (Å²) < 4.78 is 4.61. The minimum atomic E-state index is -0.605. The van der Waals surface area contributed by atoms with Crippen molar-refractivity contribution in [3.8, 4) is 0 Å². The normalized spacial score (nSPS) is 19.1. The van der Waals surface area contributed by atoms with Crippen LogP contribution in [0.25, 0.3) is 0 Å². The average Bonchev–Trinajstić information content (AvgIpc) is 2.51. The fraction of sp³-hybridized carbons (Fsp3) is 0.333. The van der Waals surface area contributed by atoms with Crippen molar-refractivity contribution in [2.45, 2.75) is 10.9 Å². The summed E-state index contributed by atoms with van der Waals surface area (Å²) >= 11 is 1.52. The Bertz CT molecular complexity index is 478. The van der Waals surface area contributed by atoms with Crippen LogP contribution in [0.15, 0.2) is 29.2 Å². The van der Waals surface area contributed by atoms with Gasteiger partial charge in [0.25, 0.3) is 0 Å². The fourth-order valence-corrected chi connectivity index (χ4v) is 2.73. The summed E-state index contributed by atoms with van der Waals surface area (Å²) in [6, 6.07) is 6.83. The van der Waals surface area contributed by atoms with Crippen LogP contribution in [-0.4, -0.2) is 37.3 Å². The van der Waals surface area contributed by atoms with E-state index in [-0.39, 0.29) is 12.5 Å². The lowest BCUT2D eigenvalue weighted by Crippen LogP contribution is -2.46. The van der Waals surface area contributed by atoms with Crippen LogP contribution in [-0.2, 0) is 14.3 Å². The van der Waals surface area contributed by atoms with Gasteiger partial charge in [0.05, 0.1) is 18.8 Å². The molecular formula is C12H14N2O3S. The third-order valence-corrected chi connectivity index (χ3v) is 3.85. The molecule has 2 N–H and O–H groups in total. The number of anilines is 1. The number of carbonyl (C=O) groups excluding carboxylic acids is 2. The van der Waals surface area contributed by atoms with Crippen molar-refractivity contribution in [2.24, 2.45) is 5.73 Å². The SMILES string of the molecule is COC(=O)CN1C(=O)[C@@H](N)CSc2ccccc21. The highest BCUT2D eigenvalue weighted by molar-refractivity contribution is 7.99. The second kappa shape index (κ2) is 5.41. The number of hydrogen-bond donors (Lipinski definition) is 1. The summed E-state index contributed by atoms with van der Waals surface area (Å²) in [4.78, 5) is 25.9. The van der Waals surface area contributed by atoms with Crippen molar-refractivity contribution >= 4 is 29.3 Å². The van der Waals surface area contributed by atoms with Gasteiger partial charge < -0.3 is 10.5 Å². The smallest absolute Gasteiger partial charge is 0.325 e. The summed E-state index contributed by atoms with van der Waals surface area (Å²) in [6.07, 6.45) is 0. The number of rotatable bonds is 2. The van der Waals surface area contributed by atoms with Crippen molar-refractivity contribution in [1.82, 2.24) is 0 Å². The summed E-state index contributed by atoms with van der Waals surface area (Å²) in [5.74, 6) is -0.205. The molecule has 1 amide bonds. The van der Waals surface area contributed by atoms with Crippen molar-refractivity contribution in [3.05, 3.63) is 24.3 Å². The van der Waals surface area contributed by atoms with E-state index in [1.165, 1.54) is 23.8 Å². The van der Waals surface area contributed by atoms with Crippen LogP contribution in [0.2, 0.25) is 0 Å². The monoisotopic (exact) mass is 266 g/mol. The maximum absolute atomic E-state index is 12.1. The van der Waals surface area contributed by atoms with Crippen molar-refractivity contribution < 1.29 is 14.3 Å². The first-order chi connectivity index (χ1) is 8.63. The number of methoxy groups -OCH3 is 1. The van der Waals surface area contributed by atoms with Gasteiger partial charge in [0.15, 0.2) is 0 Å². The average molecular weight is 266 g/mol. The molecule has 0 bridgehead atoms. The maximum atomic E-state index is 12.1. The number of carbonyl (C=O) groups is 2. The number of nitrogens with two attached hydrogens (primary N) is 1. The first-order valence-corrected chi connectivity index (χ1v) is 6.47. The second-order valence-electron chi connectivity index (χ2n) is 3.89. The minimum absolute atomic E-state index is 0.111. The Morgan fingerprint density at radius 3 is 3.00 bits per heavy atom. The molecule has 6 heteroatoms. The molecule has 1 heterocycles. The summed E-state index contributed by atoms with van der Waals surface area (Å²) in [7, 11) is 1.30. The van der Waals surface area contributed by atoms with Gasteiger partial charge in [-0.1, -0.05) is 12.1 Å². The van der Waals surface area contributed by atoms with Gasteiger partial charge in [0, 0.05) is 10.6 Å². The molecular weight excluding hydrogens is 252 g/mol. The third-order valence-electron chi connectivity index (χ3n) is 2.67. The molecule has 5 nitrogen and oxygen atoms in total. The minimum Gasteiger partial charge on any atom is -0.468 e. The Morgan fingerprint density at radius 2 is 2.28 bits per heavy atom. The molecule has 1 aliphatic rings. The molecule has 0 saturated carbocycles. The first kappa shape index (κ1) is 12.9. The molecule has 96 valence electrons. The van der Waals surface area contributed by atoms with Gasteiger partial charge in [-0.05, 0) is 12.1 Å². The molecule has 18 heavy (non-hydrogen) atoms. The summed E-state index contributed by atoms with van der Waals surface area (Å²) in [6.45, 7) is -0.111. The van der Waals surface area contributed by atoms with Gasteiger partial charge in [-0.25, -0.2) is 0 Å². The lowest BCUT2D eigenvalue weighted by atomic mass is 10.2. The lowest BCUT2D eigenvalue weighted by Gasteiger charge is -2.22. The Kier molecular flexibility index (Phi) is 3.88. The van der Waals surface area contributed by atoms with Crippen LogP contribution in [0, 0.1) is 0 Å². The van der Waals surface area contributed by atoms with Gasteiger partial charge in [0.1, 0.15) is 6.54 Å². The lowest BCUT2D eigenvalue weighted by molar-refractivity contribution is -0.140. The number of esters is 1. The molecule has 0 aliphatic carbocycles. The quantitative estimate of drug-likeness (QED) is 0.795. The molecule has 0 radical (unpaired) electrons. The Balaban J connectivity index is 2.38. The number of ether oxygens (including phenoxy) is 1. The highest BCUT2D eigenvalue weighted by Crippen LogP contribution is 2.33. The molecule has 0 spiro atoms. The zero-order valence-electron chi connectivity index (χ0n) is 9.96. The zero-order valence-corrected chi connectivity index (χ0v) is 10.8. The molecule has 1 aliphatic heterocycles. The van der Waals surface area contributed by atoms with E-state index in [1.54, 1.807) is 6.07 Å². The van der Waals surface area contributed by atoms with Crippen LogP contribution in [0.5, 0.6) is 0 Å². The second-order valence-corrected chi connectivity index (χ2v) is 4.95. The van der Waals surface area contributed by atoms with Gasteiger partial charge in [-0.3, -0.25) is 14.5 Å². The van der Waals surface area contributed by atoms with E-state index < -0.39 is 12.0 Å². The standard InChI is InChI=1S/C12H14N2O3S/c1-17-11(15)6-14-9-4-2-3-5-10(9)18-7-8(13)12(14)16/h2-5,8H,6-7,13H2,1H3/t8-/m0/s1. The summed E-state index contributed by atoms with van der Waals surface area (Å²) in [5.41, 5.74) is 6.51. The number of amides is 1. The Hall–Kier alpha value is -1.53. The van der Waals surface area contributed by atoms with Crippen LogP contribution >= 0.6 is 11.8 Å². The third kappa shape index (κ3) is 2.49. The van der Waals surface area contributed by atoms with E-state index in [0.29, 0.717) is 11.4 Å². The van der Waals surface area contributed by atoms with Crippen molar-refractivity contribution in [3.63, 3.8) is 0 Å². The van der Waals surface area contributed by atoms with Crippen molar-refractivity contribution in [1.29, 1.82) is 0 Å². The summed E-state index contributed by atoms with van der Waals surface area (Å²) in [5, 5.41) is 0. The van der Waals surface area contributed by atoms with Crippen molar-refractivity contribution in [2.75, 3.05) is 24.3 Å². The number of benzene rings is 1. The fourth-order valence-electron chi connectivity index (χ4n) is 1.73. The highest BCUT2D eigenvalue weighted by atomic mass is 32.2.